The first kappa shape index (κ1) is 22.4. The molecule has 0 amide bonds. The maximum atomic E-state index is 13.4. The highest BCUT2D eigenvalue weighted by atomic mass is 32.1. The van der Waals surface area contributed by atoms with Crippen molar-refractivity contribution in [2.24, 2.45) is 0 Å². The highest BCUT2D eigenvalue weighted by molar-refractivity contribution is 7.80. The molecular formula is C25H28FN3O2S. The van der Waals surface area contributed by atoms with E-state index < -0.39 is 0 Å². The van der Waals surface area contributed by atoms with Gasteiger partial charge < -0.3 is 19.9 Å². The molecule has 1 unspecified atom stereocenters. The Hall–Kier alpha value is -2.77. The van der Waals surface area contributed by atoms with Crippen molar-refractivity contribution in [1.82, 2.24) is 15.2 Å². The van der Waals surface area contributed by atoms with Gasteiger partial charge in [-0.05, 0) is 79.7 Å². The molecule has 0 aliphatic carbocycles. The van der Waals surface area contributed by atoms with E-state index in [0.29, 0.717) is 30.3 Å². The molecule has 1 aliphatic heterocycles. The Bertz CT molecular complexity index is 1170. The van der Waals surface area contributed by atoms with Crippen LogP contribution in [0.5, 0.6) is 0 Å². The van der Waals surface area contributed by atoms with Gasteiger partial charge in [-0.3, -0.25) is 4.79 Å². The Balaban J connectivity index is 1.59. The largest absolute Gasteiger partial charge is 0.376 e. The molecule has 4 rings (SSSR count). The lowest BCUT2D eigenvalue weighted by Gasteiger charge is -2.27. The minimum atomic E-state index is -0.281. The minimum Gasteiger partial charge on any atom is -0.376 e. The molecule has 5 nitrogen and oxygen atoms in total. The molecule has 0 bridgehead atoms. The standard InChI is InChI=1S/C25H28FN3O2S/c1-16-10-17(2)23-19(11-16)12-20(24(30)28-23)15-29(14-18-5-7-21(26)8-6-18)25(32)27-13-22-4-3-9-31-22/h5-8,10-12,22H,3-4,9,13-15H2,1-2H3,(H,27,32)(H,28,30). The quantitative estimate of drug-likeness (QED) is 0.544. The zero-order valence-corrected chi connectivity index (χ0v) is 19.2. The van der Waals surface area contributed by atoms with Crippen LogP contribution in [0, 0.1) is 19.7 Å². The second-order valence-electron chi connectivity index (χ2n) is 8.47. The number of fused-ring (bicyclic) bond motifs is 1. The normalized spacial score (nSPS) is 15.8. The fourth-order valence-electron chi connectivity index (χ4n) is 4.18. The van der Waals surface area contributed by atoms with Gasteiger partial charge in [0.1, 0.15) is 5.82 Å². The van der Waals surface area contributed by atoms with E-state index in [4.69, 9.17) is 17.0 Å². The molecule has 0 spiro atoms. The Morgan fingerprint density at radius 3 is 2.72 bits per heavy atom. The molecule has 2 N–H and O–H groups in total. The smallest absolute Gasteiger partial charge is 0.253 e. The van der Waals surface area contributed by atoms with E-state index in [1.807, 2.05) is 24.8 Å². The van der Waals surface area contributed by atoms with Crippen LogP contribution in [-0.2, 0) is 17.8 Å². The third-order valence-electron chi connectivity index (χ3n) is 5.81. The second kappa shape index (κ2) is 9.79. The van der Waals surface area contributed by atoms with Crippen molar-refractivity contribution in [3.8, 4) is 0 Å². The van der Waals surface area contributed by atoms with Crippen LogP contribution in [0.2, 0.25) is 0 Å². The summed E-state index contributed by atoms with van der Waals surface area (Å²) >= 11 is 5.69. The number of halogens is 1. The van der Waals surface area contributed by atoms with Crippen LogP contribution in [0.4, 0.5) is 4.39 Å². The van der Waals surface area contributed by atoms with E-state index in [9.17, 15) is 9.18 Å². The minimum absolute atomic E-state index is 0.129. The number of H-pyrrole nitrogens is 1. The number of thiocarbonyl (C=S) groups is 1. The SMILES string of the molecule is Cc1cc(C)c2[nH]c(=O)c(CN(Cc3ccc(F)cc3)C(=S)NCC3CCCO3)cc2c1. The molecule has 3 aromatic rings. The molecule has 1 aromatic heterocycles. The van der Waals surface area contributed by atoms with E-state index >= 15 is 0 Å². The van der Waals surface area contributed by atoms with Gasteiger partial charge in [0.25, 0.3) is 5.56 Å². The van der Waals surface area contributed by atoms with Crippen LogP contribution >= 0.6 is 12.2 Å². The first-order valence-electron chi connectivity index (χ1n) is 10.9. The number of rotatable bonds is 6. The number of nitrogens with one attached hydrogen (secondary N) is 2. The van der Waals surface area contributed by atoms with Crippen LogP contribution in [0.3, 0.4) is 0 Å². The van der Waals surface area contributed by atoms with Gasteiger partial charge in [-0.1, -0.05) is 23.8 Å². The van der Waals surface area contributed by atoms with E-state index in [1.54, 1.807) is 12.1 Å². The third kappa shape index (κ3) is 5.34. The lowest BCUT2D eigenvalue weighted by Crippen LogP contribution is -2.42. The molecule has 1 fully saturated rings. The molecule has 0 saturated carbocycles. The maximum absolute atomic E-state index is 13.4. The van der Waals surface area contributed by atoms with Gasteiger partial charge >= 0.3 is 0 Å². The average molecular weight is 454 g/mol. The molecule has 32 heavy (non-hydrogen) atoms. The van der Waals surface area contributed by atoms with Crippen molar-refractivity contribution in [1.29, 1.82) is 0 Å². The number of aromatic amines is 1. The topological polar surface area (TPSA) is 57.4 Å². The van der Waals surface area contributed by atoms with Gasteiger partial charge in [-0.2, -0.15) is 0 Å². The number of nitrogens with zero attached hydrogens (tertiary/aromatic N) is 1. The molecule has 0 radical (unpaired) electrons. The number of hydrogen-bond acceptors (Lipinski definition) is 3. The number of pyridine rings is 1. The van der Waals surface area contributed by atoms with Gasteiger partial charge in [0, 0.05) is 25.3 Å². The molecule has 2 heterocycles. The molecular weight excluding hydrogens is 425 g/mol. The molecule has 1 saturated heterocycles. The van der Waals surface area contributed by atoms with Crippen molar-refractivity contribution in [3.05, 3.63) is 80.9 Å². The summed E-state index contributed by atoms with van der Waals surface area (Å²) in [5, 5.41) is 4.84. The van der Waals surface area contributed by atoms with E-state index in [1.165, 1.54) is 12.1 Å². The number of ether oxygens (including phenoxy) is 1. The summed E-state index contributed by atoms with van der Waals surface area (Å²) in [4.78, 5) is 17.8. The van der Waals surface area contributed by atoms with E-state index in [0.717, 1.165) is 47.0 Å². The van der Waals surface area contributed by atoms with Gasteiger partial charge in [-0.15, -0.1) is 0 Å². The first-order chi connectivity index (χ1) is 15.4. The Kier molecular flexibility index (Phi) is 6.86. The van der Waals surface area contributed by atoms with Gasteiger partial charge in [0.15, 0.2) is 5.11 Å². The molecule has 1 atom stereocenters. The second-order valence-corrected chi connectivity index (χ2v) is 8.86. The van der Waals surface area contributed by atoms with Crippen LogP contribution < -0.4 is 10.9 Å². The summed E-state index contributed by atoms with van der Waals surface area (Å²) in [7, 11) is 0. The molecule has 168 valence electrons. The van der Waals surface area contributed by atoms with Crippen LogP contribution in [0.25, 0.3) is 10.9 Å². The first-order valence-corrected chi connectivity index (χ1v) is 11.3. The number of aryl methyl sites for hydroxylation is 2. The monoisotopic (exact) mass is 453 g/mol. The van der Waals surface area contributed by atoms with Crippen molar-refractivity contribution in [3.63, 3.8) is 0 Å². The maximum Gasteiger partial charge on any atom is 0.253 e. The molecule has 7 heteroatoms. The summed E-state index contributed by atoms with van der Waals surface area (Å²) in [6, 6.07) is 12.4. The van der Waals surface area contributed by atoms with E-state index in [-0.39, 0.29) is 17.5 Å². The zero-order chi connectivity index (χ0) is 22.7. The predicted octanol–water partition coefficient (Wildman–Crippen LogP) is 4.34. The van der Waals surface area contributed by atoms with Gasteiger partial charge in [-0.25, -0.2) is 4.39 Å². The van der Waals surface area contributed by atoms with Gasteiger partial charge in [0.2, 0.25) is 0 Å². The summed E-state index contributed by atoms with van der Waals surface area (Å²) in [5.41, 5.74) is 4.46. The van der Waals surface area contributed by atoms with Crippen molar-refractivity contribution < 1.29 is 9.13 Å². The predicted molar refractivity (Wildman–Crippen MR) is 129 cm³/mol. The summed E-state index contributed by atoms with van der Waals surface area (Å²) in [6.07, 6.45) is 2.22. The Labute approximate surface area is 192 Å². The van der Waals surface area contributed by atoms with Crippen LogP contribution in [0.1, 0.15) is 35.1 Å². The number of benzene rings is 2. The Morgan fingerprint density at radius 1 is 1.22 bits per heavy atom. The fourth-order valence-corrected chi connectivity index (χ4v) is 4.40. The Morgan fingerprint density at radius 2 is 2.00 bits per heavy atom. The number of aromatic nitrogens is 1. The summed E-state index contributed by atoms with van der Waals surface area (Å²) in [5.74, 6) is -0.281. The highest BCUT2D eigenvalue weighted by Gasteiger charge is 2.19. The zero-order valence-electron chi connectivity index (χ0n) is 18.4. The lowest BCUT2D eigenvalue weighted by molar-refractivity contribution is 0.113. The van der Waals surface area contributed by atoms with Crippen molar-refractivity contribution in [2.75, 3.05) is 13.2 Å². The van der Waals surface area contributed by atoms with Crippen molar-refractivity contribution in [2.45, 2.75) is 45.9 Å². The van der Waals surface area contributed by atoms with Gasteiger partial charge in [0.05, 0.1) is 18.2 Å². The third-order valence-corrected chi connectivity index (χ3v) is 6.21. The van der Waals surface area contributed by atoms with Crippen LogP contribution in [-0.4, -0.2) is 34.3 Å². The van der Waals surface area contributed by atoms with Crippen molar-refractivity contribution >= 4 is 28.2 Å². The van der Waals surface area contributed by atoms with E-state index in [2.05, 4.69) is 22.4 Å². The molecule has 2 aromatic carbocycles. The summed E-state index contributed by atoms with van der Waals surface area (Å²) in [6.45, 7) is 6.25. The highest BCUT2D eigenvalue weighted by Crippen LogP contribution is 2.19. The van der Waals surface area contributed by atoms with Crippen LogP contribution in [0.15, 0.2) is 47.3 Å². The average Bonchev–Trinajstić information content (AvgIpc) is 3.28. The lowest BCUT2D eigenvalue weighted by atomic mass is 10.1. The summed E-state index contributed by atoms with van der Waals surface area (Å²) < 4.78 is 19.1. The fraction of sp³-hybridized carbons (Fsp3) is 0.360. The molecule has 1 aliphatic rings. The number of hydrogen-bond donors (Lipinski definition) is 2.